The number of rotatable bonds is 2. The summed E-state index contributed by atoms with van der Waals surface area (Å²) in [6.07, 6.45) is 2.67. The molecule has 1 heterocycles. The predicted molar refractivity (Wildman–Crippen MR) is 97.2 cm³/mol. The SMILES string of the molecule is CC1CCc2nc3ccccc3c(C(=O)Nc3ccc(F)c(F)c3)c2C1. The second-order valence-corrected chi connectivity index (χ2v) is 6.86. The molecule has 0 saturated heterocycles. The van der Waals surface area contributed by atoms with Gasteiger partial charge in [0.1, 0.15) is 0 Å². The molecule has 5 heteroatoms. The van der Waals surface area contributed by atoms with E-state index < -0.39 is 11.6 Å². The summed E-state index contributed by atoms with van der Waals surface area (Å²) in [5.74, 6) is -1.78. The van der Waals surface area contributed by atoms with Gasteiger partial charge in [-0.1, -0.05) is 25.1 Å². The number of pyridine rings is 1. The Balaban J connectivity index is 1.82. The standard InChI is InChI=1S/C21H18F2N2O/c1-12-6-9-19-15(10-12)20(14-4-2-3-5-18(14)25-19)21(26)24-13-7-8-16(22)17(23)11-13/h2-5,7-8,11-12H,6,9-10H2,1H3,(H,24,26). The minimum atomic E-state index is -0.988. The maximum absolute atomic E-state index is 13.5. The van der Waals surface area contributed by atoms with Gasteiger partial charge in [-0.2, -0.15) is 0 Å². The first-order chi connectivity index (χ1) is 12.5. The van der Waals surface area contributed by atoms with Gasteiger partial charge in [-0.05, 0) is 48.9 Å². The quantitative estimate of drug-likeness (QED) is 0.713. The number of aryl methyl sites for hydroxylation is 1. The lowest BCUT2D eigenvalue weighted by Crippen LogP contribution is -2.21. The van der Waals surface area contributed by atoms with Crippen LogP contribution in [0.15, 0.2) is 42.5 Å². The van der Waals surface area contributed by atoms with Crippen LogP contribution in [0, 0.1) is 17.6 Å². The van der Waals surface area contributed by atoms with Crippen LogP contribution in [0.1, 0.15) is 35.0 Å². The number of carbonyl (C=O) groups excluding carboxylic acids is 1. The van der Waals surface area contributed by atoms with Gasteiger partial charge in [0.05, 0.1) is 11.1 Å². The summed E-state index contributed by atoms with van der Waals surface area (Å²) in [6.45, 7) is 2.16. The molecule has 2 aromatic carbocycles. The van der Waals surface area contributed by atoms with Crippen molar-refractivity contribution in [2.45, 2.75) is 26.2 Å². The highest BCUT2D eigenvalue weighted by Gasteiger charge is 2.25. The van der Waals surface area contributed by atoms with E-state index in [0.29, 0.717) is 11.5 Å². The Labute approximate surface area is 150 Å². The Bertz CT molecular complexity index is 1020. The van der Waals surface area contributed by atoms with E-state index in [4.69, 9.17) is 4.98 Å². The topological polar surface area (TPSA) is 42.0 Å². The van der Waals surface area contributed by atoms with E-state index in [1.54, 1.807) is 0 Å². The molecule has 3 aromatic rings. The van der Waals surface area contributed by atoms with Gasteiger partial charge in [0, 0.05) is 22.8 Å². The Morgan fingerprint density at radius 3 is 2.77 bits per heavy atom. The molecule has 0 aliphatic heterocycles. The first-order valence-corrected chi connectivity index (χ1v) is 8.70. The summed E-state index contributed by atoms with van der Waals surface area (Å²) < 4.78 is 26.6. The molecule has 1 atom stereocenters. The van der Waals surface area contributed by atoms with Gasteiger partial charge < -0.3 is 5.32 Å². The number of nitrogens with zero attached hydrogens (tertiary/aromatic N) is 1. The maximum Gasteiger partial charge on any atom is 0.256 e. The number of amides is 1. The molecule has 132 valence electrons. The molecular formula is C21H18F2N2O. The third-order valence-corrected chi connectivity index (χ3v) is 4.91. The molecule has 0 saturated carbocycles. The van der Waals surface area contributed by atoms with Crippen LogP contribution >= 0.6 is 0 Å². The van der Waals surface area contributed by atoms with E-state index in [-0.39, 0.29) is 11.6 Å². The molecule has 3 nitrogen and oxygen atoms in total. The van der Waals surface area contributed by atoms with Gasteiger partial charge in [-0.25, -0.2) is 8.78 Å². The highest BCUT2D eigenvalue weighted by Crippen LogP contribution is 2.32. The molecule has 0 spiro atoms. The van der Waals surface area contributed by atoms with Crippen LogP contribution in [0.4, 0.5) is 14.5 Å². The van der Waals surface area contributed by atoms with Gasteiger partial charge in [0.2, 0.25) is 0 Å². The second kappa shape index (κ2) is 6.48. The number of halogens is 2. The van der Waals surface area contributed by atoms with Crippen molar-refractivity contribution in [1.82, 2.24) is 4.98 Å². The second-order valence-electron chi connectivity index (χ2n) is 6.86. The van der Waals surface area contributed by atoms with Gasteiger partial charge in [-0.15, -0.1) is 0 Å². The normalized spacial score (nSPS) is 16.3. The zero-order chi connectivity index (χ0) is 18.3. The average molecular weight is 352 g/mol. The lowest BCUT2D eigenvalue weighted by molar-refractivity contribution is 0.102. The minimum absolute atomic E-state index is 0.229. The van der Waals surface area contributed by atoms with Gasteiger partial charge in [0.25, 0.3) is 5.91 Å². The largest absolute Gasteiger partial charge is 0.322 e. The minimum Gasteiger partial charge on any atom is -0.322 e. The van der Waals surface area contributed by atoms with Gasteiger partial charge >= 0.3 is 0 Å². The Hall–Kier alpha value is -2.82. The Morgan fingerprint density at radius 1 is 1.15 bits per heavy atom. The monoisotopic (exact) mass is 352 g/mol. The first-order valence-electron chi connectivity index (χ1n) is 8.70. The number of hydrogen-bond donors (Lipinski definition) is 1. The van der Waals surface area contributed by atoms with E-state index in [9.17, 15) is 13.6 Å². The fraction of sp³-hybridized carbons (Fsp3) is 0.238. The van der Waals surface area contributed by atoms with Crippen LogP contribution in [-0.4, -0.2) is 10.9 Å². The molecule has 1 amide bonds. The number of hydrogen-bond acceptors (Lipinski definition) is 2. The highest BCUT2D eigenvalue weighted by atomic mass is 19.2. The van der Waals surface area contributed by atoms with E-state index in [1.807, 2.05) is 24.3 Å². The number of nitrogens with one attached hydrogen (secondary N) is 1. The van der Waals surface area contributed by atoms with E-state index in [0.717, 1.165) is 53.6 Å². The number of carbonyl (C=O) groups is 1. The number of aromatic nitrogens is 1. The van der Waals surface area contributed by atoms with Crippen LogP contribution in [0.25, 0.3) is 10.9 Å². The zero-order valence-electron chi connectivity index (χ0n) is 14.4. The summed E-state index contributed by atoms with van der Waals surface area (Å²) in [6, 6.07) is 10.9. The average Bonchev–Trinajstić information content (AvgIpc) is 2.62. The molecule has 0 fully saturated rings. The molecule has 1 unspecified atom stereocenters. The molecule has 0 bridgehead atoms. The van der Waals surface area contributed by atoms with E-state index >= 15 is 0 Å². The number of fused-ring (bicyclic) bond motifs is 2. The van der Waals surface area contributed by atoms with Crippen molar-refractivity contribution in [3.05, 3.63) is 70.9 Å². The first kappa shape index (κ1) is 16.6. The van der Waals surface area contributed by atoms with Crippen LogP contribution in [0.2, 0.25) is 0 Å². The summed E-state index contributed by atoms with van der Waals surface area (Å²) in [4.78, 5) is 17.8. The summed E-state index contributed by atoms with van der Waals surface area (Å²) in [7, 11) is 0. The lowest BCUT2D eigenvalue weighted by Gasteiger charge is -2.24. The molecular weight excluding hydrogens is 334 g/mol. The maximum atomic E-state index is 13.5. The summed E-state index contributed by atoms with van der Waals surface area (Å²) in [5.41, 5.74) is 3.50. The van der Waals surface area contributed by atoms with Crippen molar-refractivity contribution in [2.75, 3.05) is 5.32 Å². The number of anilines is 1. The van der Waals surface area contributed by atoms with Crippen LogP contribution in [0.3, 0.4) is 0 Å². The molecule has 1 aliphatic carbocycles. The molecule has 1 aliphatic rings. The Kier molecular flexibility index (Phi) is 4.15. The van der Waals surface area contributed by atoms with Crippen LogP contribution in [0.5, 0.6) is 0 Å². The van der Waals surface area contributed by atoms with Crippen molar-refractivity contribution < 1.29 is 13.6 Å². The van der Waals surface area contributed by atoms with Crippen molar-refractivity contribution in [2.24, 2.45) is 5.92 Å². The van der Waals surface area contributed by atoms with Crippen molar-refractivity contribution in [3.8, 4) is 0 Å². The molecule has 1 N–H and O–H groups in total. The van der Waals surface area contributed by atoms with Crippen LogP contribution < -0.4 is 5.32 Å². The smallest absolute Gasteiger partial charge is 0.256 e. The lowest BCUT2D eigenvalue weighted by atomic mass is 9.84. The molecule has 1 aromatic heterocycles. The number of para-hydroxylation sites is 1. The van der Waals surface area contributed by atoms with Gasteiger partial charge in [0.15, 0.2) is 11.6 Å². The fourth-order valence-corrected chi connectivity index (χ4v) is 3.59. The third-order valence-electron chi connectivity index (χ3n) is 4.91. The van der Waals surface area contributed by atoms with Crippen molar-refractivity contribution in [1.29, 1.82) is 0 Å². The number of benzene rings is 2. The predicted octanol–water partition coefficient (Wildman–Crippen LogP) is 4.89. The molecule has 26 heavy (non-hydrogen) atoms. The highest BCUT2D eigenvalue weighted by molar-refractivity contribution is 6.13. The molecule has 4 rings (SSSR count). The van der Waals surface area contributed by atoms with Gasteiger partial charge in [-0.3, -0.25) is 9.78 Å². The fourth-order valence-electron chi connectivity index (χ4n) is 3.59. The summed E-state index contributed by atoms with van der Waals surface area (Å²) in [5, 5.41) is 3.49. The van der Waals surface area contributed by atoms with Crippen LogP contribution in [-0.2, 0) is 12.8 Å². The zero-order valence-corrected chi connectivity index (χ0v) is 14.4. The summed E-state index contributed by atoms with van der Waals surface area (Å²) >= 11 is 0. The van der Waals surface area contributed by atoms with E-state index in [1.165, 1.54) is 6.07 Å². The van der Waals surface area contributed by atoms with Crippen molar-refractivity contribution >= 4 is 22.5 Å². The van der Waals surface area contributed by atoms with E-state index in [2.05, 4.69) is 12.2 Å². The third kappa shape index (κ3) is 2.94. The molecule has 0 radical (unpaired) electrons. The van der Waals surface area contributed by atoms with Crippen molar-refractivity contribution in [3.63, 3.8) is 0 Å². The Morgan fingerprint density at radius 2 is 1.96 bits per heavy atom.